The number of halogens is 2. The Labute approximate surface area is 200 Å². The summed E-state index contributed by atoms with van der Waals surface area (Å²) in [6.45, 7) is 0.727. The first-order valence-electron chi connectivity index (χ1n) is 9.98. The predicted molar refractivity (Wildman–Crippen MR) is 125 cm³/mol. The van der Waals surface area contributed by atoms with Crippen LogP contribution in [-0.4, -0.2) is 12.7 Å². The number of amides is 1. The standard InChI is InChI=1S/C25H18Cl2N2O4/c26-20-9-18(8-19(12-28)25(30)29-13-16-4-2-1-3-5-16)10-21(27)24(20)31-14-17-6-7-22-23(11-17)33-15-32-22/h1-11H,13-15H2,(H,29,30)/b19-8-. The van der Waals surface area contributed by atoms with E-state index in [0.29, 0.717) is 29.4 Å². The Morgan fingerprint density at radius 2 is 1.76 bits per heavy atom. The summed E-state index contributed by atoms with van der Waals surface area (Å²) in [5, 5.41) is 12.7. The van der Waals surface area contributed by atoms with Crippen molar-refractivity contribution in [3.63, 3.8) is 0 Å². The third-order valence-electron chi connectivity index (χ3n) is 4.81. The molecule has 0 aromatic heterocycles. The molecule has 4 rings (SSSR count). The zero-order chi connectivity index (χ0) is 23.2. The van der Waals surface area contributed by atoms with E-state index in [1.165, 1.54) is 6.08 Å². The number of nitriles is 1. The van der Waals surface area contributed by atoms with Gasteiger partial charge in [-0.15, -0.1) is 0 Å². The minimum absolute atomic E-state index is 0.0629. The van der Waals surface area contributed by atoms with E-state index in [1.54, 1.807) is 12.1 Å². The minimum atomic E-state index is -0.489. The lowest BCUT2D eigenvalue weighted by molar-refractivity contribution is -0.117. The van der Waals surface area contributed by atoms with Crippen LogP contribution in [0.2, 0.25) is 10.0 Å². The molecular weight excluding hydrogens is 463 g/mol. The lowest BCUT2D eigenvalue weighted by Gasteiger charge is -2.12. The first kappa shape index (κ1) is 22.5. The maximum atomic E-state index is 12.4. The molecule has 0 saturated heterocycles. The summed E-state index contributed by atoms with van der Waals surface area (Å²) in [6, 6.07) is 20.0. The van der Waals surface area contributed by atoms with Crippen LogP contribution in [0.1, 0.15) is 16.7 Å². The number of hydrogen-bond acceptors (Lipinski definition) is 5. The van der Waals surface area contributed by atoms with E-state index < -0.39 is 5.91 Å². The van der Waals surface area contributed by atoms with Gasteiger partial charge in [-0.2, -0.15) is 5.26 Å². The van der Waals surface area contributed by atoms with Gasteiger partial charge in [0.15, 0.2) is 17.2 Å². The molecule has 3 aromatic carbocycles. The molecule has 0 bridgehead atoms. The van der Waals surface area contributed by atoms with Gasteiger partial charge in [0.05, 0.1) is 10.0 Å². The van der Waals surface area contributed by atoms with Gasteiger partial charge in [-0.1, -0.05) is 59.6 Å². The fourth-order valence-corrected chi connectivity index (χ4v) is 3.79. The van der Waals surface area contributed by atoms with Crippen LogP contribution in [0.3, 0.4) is 0 Å². The summed E-state index contributed by atoms with van der Waals surface area (Å²) < 4.78 is 16.5. The van der Waals surface area contributed by atoms with Gasteiger partial charge in [0.1, 0.15) is 18.2 Å². The topological polar surface area (TPSA) is 80.6 Å². The van der Waals surface area contributed by atoms with Crippen molar-refractivity contribution in [2.75, 3.05) is 6.79 Å². The van der Waals surface area contributed by atoms with E-state index in [2.05, 4.69) is 5.32 Å². The number of carbonyl (C=O) groups is 1. The second-order valence-electron chi connectivity index (χ2n) is 7.13. The molecule has 1 amide bonds. The lowest BCUT2D eigenvalue weighted by Crippen LogP contribution is -2.23. The number of nitrogens with one attached hydrogen (secondary N) is 1. The van der Waals surface area contributed by atoms with Gasteiger partial charge in [-0.05, 0) is 47.0 Å². The molecule has 1 heterocycles. The Balaban J connectivity index is 1.44. The Bertz CT molecular complexity index is 1230. The van der Waals surface area contributed by atoms with Gasteiger partial charge in [-0.3, -0.25) is 4.79 Å². The average Bonchev–Trinajstić information content (AvgIpc) is 3.29. The summed E-state index contributed by atoms with van der Waals surface area (Å²) in [4.78, 5) is 12.4. The summed E-state index contributed by atoms with van der Waals surface area (Å²) in [7, 11) is 0. The first-order valence-corrected chi connectivity index (χ1v) is 10.7. The number of fused-ring (bicyclic) bond motifs is 1. The van der Waals surface area contributed by atoms with E-state index >= 15 is 0 Å². The molecule has 0 fully saturated rings. The van der Waals surface area contributed by atoms with Crippen LogP contribution in [0.5, 0.6) is 17.2 Å². The van der Waals surface area contributed by atoms with E-state index in [9.17, 15) is 10.1 Å². The van der Waals surface area contributed by atoms with Crippen molar-refractivity contribution in [2.45, 2.75) is 13.2 Å². The van der Waals surface area contributed by atoms with Crippen molar-refractivity contribution in [1.82, 2.24) is 5.32 Å². The Kier molecular flexibility index (Phi) is 7.04. The maximum Gasteiger partial charge on any atom is 0.262 e. The van der Waals surface area contributed by atoms with Crippen LogP contribution in [0.25, 0.3) is 6.08 Å². The highest BCUT2D eigenvalue weighted by molar-refractivity contribution is 6.37. The number of ether oxygens (including phenoxy) is 3. The first-order chi connectivity index (χ1) is 16.0. The van der Waals surface area contributed by atoms with Gasteiger partial charge in [0, 0.05) is 6.54 Å². The van der Waals surface area contributed by atoms with Crippen LogP contribution in [-0.2, 0) is 17.9 Å². The molecule has 0 atom stereocenters. The van der Waals surface area contributed by atoms with E-state index in [4.69, 9.17) is 37.4 Å². The van der Waals surface area contributed by atoms with Crippen molar-refractivity contribution >= 4 is 35.2 Å². The van der Waals surface area contributed by atoms with Crippen LogP contribution in [0.4, 0.5) is 0 Å². The minimum Gasteiger partial charge on any atom is -0.486 e. The molecule has 166 valence electrons. The summed E-state index contributed by atoms with van der Waals surface area (Å²) in [6.07, 6.45) is 1.43. The quantitative estimate of drug-likeness (QED) is 0.355. The van der Waals surface area contributed by atoms with Gasteiger partial charge < -0.3 is 19.5 Å². The summed E-state index contributed by atoms with van der Waals surface area (Å²) in [5.41, 5.74) is 2.23. The molecule has 0 aliphatic carbocycles. The second-order valence-corrected chi connectivity index (χ2v) is 7.94. The second kappa shape index (κ2) is 10.3. The molecular formula is C25H18Cl2N2O4. The smallest absolute Gasteiger partial charge is 0.262 e. The monoisotopic (exact) mass is 480 g/mol. The number of hydrogen-bond donors (Lipinski definition) is 1. The van der Waals surface area contributed by atoms with Gasteiger partial charge in [-0.25, -0.2) is 0 Å². The predicted octanol–water partition coefficient (Wildman–Crippen LogP) is 5.52. The highest BCUT2D eigenvalue weighted by Crippen LogP contribution is 2.37. The Hall–Kier alpha value is -3.66. The van der Waals surface area contributed by atoms with Crippen LogP contribution >= 0.6 is 23.2 Å². The van der Waals surface area contributed by atoms with E-state index in [0.717, 1.165) is 11.1 Å². The molecule has 0 saturated carbocycles. The molecule has 1 aliphatic rings. The summed E-state index contributed by atoms with van der Waals surface area (Å²) >= 11 is 12.8. The third kappa shape index (κ3) is 5.58. The molecule has 6 nitrogen and oxygen atoms in total. The molecule has 3 aromatic rings. The third-order valence-corrected chi connectivity index (χ3v) is 5.37. The van der Waals surface area contributed by atoms with Gasteiger partial charge >= 0.3 is 0 Å². The van der Waals surface area contributed by atoms with Crippen molar-refractivity contribution < 1.29 is 19.0 Å². The molecule has 8 heteroatoms. The summed E-state index contributed by atoms with van der Waals surface area (Å²) in [5.74, 6) is 1.16. The molecule has 0 unspecified atom stereocenters. The van der Waals surface area contributed by atoms with E-state index in [1.807, 2.05) is 54.6 Å². The average molecular weight is 481 g/mol. The number of benzene rings is 3. The normalized spacial score (nSPS) is 12.2. The Morgan fingerprint density at radius 1 is 1.03 bits per heavy atom. The van der Waals surface area contributed by atoms with Crippen molar-refractivity contribution in [3.05, 3.63) is 93.0 Å². The van der Waals surface area contributed by atoms with Gasteiger partial charge in [0.25, 0.3) is 5.91 Å². The fourth-order valence-electron chi connectivity index (χ4n) is 3.18. The number of rotatable bonds is 7. The highest BCUT2D eigenvalue weighted by Gasteiger charge is 2.15. The SMILES string of the molecule is N#C/C(=C/c1cc(Cl)c(OCc2ccc3c(c2)OCO3)c(Cl)c1)C(=O)NCc1ccccc1. The zero-order valence-electron chi connectivity index (χ0n) is 17.3. The van der Waals surface area contributed by atoms with Crippen molar-refractivity contribution in [2.24, 2.45) is 0 Å². The highest BCUT2D eigenvalue weighted by atomic mass is 35.5. The molecule has 0 spiro atoms. The van der Waals surface area contributed by atoms with Crippen LogP contribution < -0.4 is 19.5 Å². The molecule has 33 heavy (non-hydrogen) atoms. The van der Waals surface area contributed by atoms with Gasteiger partial charge in [0.2, 0.25) is 6.79 Å². The number of nitrogens with zero attached hydrogens (tertiary/aromatic N) is 1. The van der Waals surface area contributed by atoms with Crippen molar-refractivity contribution in [1.29, 1.82) is 5.26 Å². The zero-order valence-corrected chi connectivity index (χ0v) is 18.8. The van der Waals surface area contributed by atoms with Crippen LogP contribution in [0.15, 0.2) is 66.2 Å². The van der Waals surface area contributed by atoms with Crippen LogP contribution in [0, 0.1) is 11.3 Å². The largest absolute Gasteiger partial charge is 0.486 e. The maximum absolute atomic E-state index is 12.4. The number of carbonyl (C=O) groups excluding carboxylic acids is 1. The fraction of sp³-hybridized carbons (Fsp3) is 0.120. The van der Waals surface area contributed by atoms with Crippen molar-refractivity contribution in [3.8, 4) is 23.3 Å². The molecule has 0 radical (unpaired) electrons. The van der Waals surface area contributed by atoms with E-state index in [-0.39, 0.29) is 29.0 Å². The molecule has 1 N–H and O–H groups in total. The lowest BCUT2D eigenvalue weighted by atomic mass is 10.1. The Morgan fingerprint density at radius 3 is 2.48 bits per heavy atom. The molecule has 1 aliphatic heterocycles.